The molecule has 0 aliphatic carbocycles. The number of carbonyl (C=O) groups is 1. The number of sulfonamides is 2. The minimum absolute atomic E-state index is 0.0869. The minimum atomic E-state index is -3.93. The van der Waals surface area contributed by atoms with Crippen LogP contribution in [0.1, 0.15) is 56.0 Å². The molecule has 0 fully saturated rings. The summed E-state index contributed by atoms with van der Waals surface area (Å²) in [6.07, 6.45) is 2.58. The maximum absolute atomic E-state index is 14.2. The van der Waals surface area contributed by atoms with E-state index in [1.807, 2.05) is 20.8 Å². The maximum Gasteiger partial charge on any atom is 0.261 e. The van der Waals surface area contributed by atoms with Gasteiger partial charge in [-0.25, -0.2) is 21.1 Å². The van der Waals surface area contributed by atoms with Gasteiger partial charge in [0.25, 0.3) is 15.9 Å². The first-order chi connectivity index (χ1) is 20.1. The van der Waals surface area contributed by atoms with Gasteiger partial charge in [-0.2, -0.15) is 0 Å². The van der Waals surface area contributed by atoms with Gasteiger partial charge in [0.2, 0.25) is 10.0 Å². The third-order valence-electron chi connectivity index (χ3n) is 7.64. The van der Waals surface area contributed by atoms with Crippen LogP contribution in [0.15, 0.2) is 47.4 Å². The summed E-state index contributed by atoms with van der Waals surface area (Å²) >= 11 is 0. The number of benzene rings is 2. The Morgan fingerprint density at radius 1 is 1.09 bits per heavy atom. The van der Waals surface area contributed by atoms with E-state index in [0.717, 1.165) is 24.7 Å². The number of aliphatic hydroxyl groups is 1. The molecule has 4 atom stereocenters. The topological polar surface area (TPSA) is 143 Å². The molecule has 2 aromatic carbocycles. The van der Waals surface area contributed by atoms with Crippen molar-refractivity contribution in [3.63, 3.8) is 0 Å². The second kappa shape index (κ2) is 14.8. The number of carbonyl (C=O) groups excluding carboxylic acids is 1. The van der Waals surface area contributed by atoms with Gasteiger partial charge in [0.15, 0.2) is 0 Å². The molecule has 2 N–H and O–H groups in total. The fraction of sp³-hybridized carbons (Fsp3) is 0.567. The molecule has 0 spiro atoms. The molecule has 0 saturated carbocycles. The number of anilines is 1. The number of fused-ring (bicyclic) bond motifs is 1. The van der Waals surface area contributed by atoms with Crippen LogP contribution in [-0.2, 0) is 24.8 Å². The molecule has 1 aliphatic rings. The molecule has 43 heavy (non-hydrogen) atoms. The number of likely N-dealkylation sites (N-methyl/N-ethyl adjacent to an activating group) is 1. The standard InChI is InChI=1S/C30H45N3O8S2/c1-21-10-13-26(14-11-21)43(38,39)31-25-12-15-28-27(17-25)30(35)33(23(3)20-34)18-22(2)29(19-32(5)42(6,36)37)40-16-8-7-9-24(4)41-28/h10-15,17,22-24,29,31,34H,7-9,16,18-20H2,1-6H3/t22-,23-,24-,29+/m0/s1. The molecule has 0 aromatic heterocycles. The Morgan fingerprint density at radius 3 is 2.40 bits per heavy atom. The van der Waals surface area contributed by atoms with E-state index in [9.17, 15) is 26.7 Å². The van der Waals surface area contributed by atoms with Crippen molar-refractivity contribution in [2.45, 2.75) is 70.1 Å². The second-order valence-corrected chi connectivity index (χ2v) is 15.2. The van der Waals surface area contributed by atoms with Gasteiger partial charge in [-0.15, -0.1) is 0 Å². The Balaban J connectivity index is 2.02. The Kier molecular flexibility index (Phi) is 12.0. The van der Waals surface area contributed by atoms with Gasteiger partial charge in [0.05, 0.1) is 41.6 Å². The molecule has 1 aliphatic heterocycles. The summed E-state index contributed by atoms with van der Waals surface area (Å²) in [5, 5.41) is 10.1. The highest BCUT2D eigenvalue weighted by molar-refractivity contribution is 7.92. The fourth-order valence-corrected chi connectivity index (χ4v) is 6.24. The summed E-state index contributed by atoms with van der Waals surface area (Å²) in [6.45, 7) is 7.71. The predicted octanol–water partition coefficient (Wildman–Crippen LogP) is 3.48. The summed E-state index contributed by atoms with van der Waals surface area (Å²) in [5.74, 6) is -0.462. The number of rotatable bonds is 8. The average molecular weight is 640 g/mol. The van der Waals surface area contributed by atoms with Crippen LogP contribution >= 0.6 is 0 Å². The third-order valence-corrected chi connectivity index (χ3v) is 10.3. The zero-order valence-electron chi connectivity index (χ0n) is 25.8. The lowest BCUT2D eigenvalue weighted by Gasteiger charge is -2.35. The average Bonchev–Trinajstić information content (AvgIpc) is 2.94. The number of hydrogen-bond donors (Lipinski definition) is 2. The fourth-order valence-electron chi connectivity index (χ4n) is 4.77. The largest absolute Gasteiger partial charge is 0.490 e. The molecule has 1 amide bonds. The summed E-state index contributed by atoms with van der Waals surface area (Å²) in [5.41, 5.74) is 1.25. The van der Waals surface area contributed by atoms with Crippen molar-refractivity contribution in [2.75, 3.05) is 44.3 Å². The van der Waals surface area contributed by atoms with Crippen molar-refractivity contribution < 1.29 is 36.2 Å². The smallest absolute Gasteiger partial charge is 0.261 e. The maximum atomic E-state index is 14.2. The first-order valence-corrected chi connectivity index (χ1v) is 17.8. The molecule has 3 rings (SSSR count). The number of hydrogen-bond acceptors (Lipinski definition) is 8. The number of aliphatic hydroxyl groups excluding tert-OH is 1. The summed E-state index contributed by atoms with van der Waals surface area (Å²) in [4.78, 5) is 15.8. The quantitative estimate of drug-likeness (QED) is 0.447. The number of nitrogens with zero attached hydrogens (tertiary/aromatic N) is 2. The Labute approximate surface area is 256 Å². The zero-order chi connectivity index (χ0) is 31.9. The van der Waals surface area contributed by atoms with Crippen molar-refractivity contribution >= 4 is 31.6 Å². The molecule has 0 unspecified atom stereocenters. The number of ether oxygens (including phenoxy) is 2. The van der Waals surface area contributed by atoms with E-state index in [0.29, 0.717) is 18.8 Å². The molecule has 1 heterocycles. The summed E-state index contributed by atoms with van der Waals surface area (Å²) in [6, 6.07) is 10.4. The van der Waals surface area contributed by atoms with Crippen molar-refractivity contribution in [1.82, 2.24) is 9.21 Å². The van der Waals surface area contributed by atoms with Gasteiger partial charge in [0, 0.05) is 38.3 Å². The Hall–Kier alpha value is -2.71. The molecule has 240 valence electrons. The van der Waals surface area contributed by atoms with Crippen molar-refractivity contribution in [3.8, 4) is 5.75 Å². The van der Waals surface area contributed by atoms with Crippen molar-refractivity contribution in [3.05, 3.63) is 53.6 Å². The van der Waals surface area contributed by atoms with Crippen LogP contribution in [0.2, 0.25) is 0 Å². The molecule has 0 bridgehead atoms. The first kappa shape index (κ1) is 34.8. The van der Waals surface area contributed by atoms with Gasteiger partial charge < -0.3 is 19.5 Å². The molecule has 13 heteroatoms. The Bertz CT molecular complexity index is 1450. The molecule has 0 radical (unpaired) electrons. The first-order valence-electron chi connectivity index (χ1n) is 14.5. The SMILES string of the molecule is Cc1ccc(S(=O)(=O)Nc2ccc3c(c2)C(=O)N([C@@H](C)CO)C[C@H](C)[C@@H](CN(C)S(C)(=O)=O)OCCCC[C@H](C)O3)cc1. The van der Waals surface area contributed by atoms with E-state index >= 15 is 0 Å². The third kappa shape index (κ3) is 9.64. The van der Waals surface area contributed by atoms with Gasteiger partial charge in [0.1, 0.15) is 5.75 Å². The Morgan fingerprint density at radius 2 is 1.77 bits per heavy atom. The van der Waals surface area contributed by atoms with Crippen LogP contribution < -0.4 is 9.46 Å². The highest BCUT2D eigenvalue weighted by Gasteiger charge is 2.31. The van der Waals surface area contributed by atoms with E-state index in [1.165, 1.54) is 34.5 Å². The lowest BCUT2D eigenvalue weighted by molar-refractivity contribution is -0.00828. The van der Waals surface area contributed by atoms with Crippen molar-refractivity contribution in [2.24, 2.45) is 5.92 Å². The predicted molar refractivity (Wildman–Crippen MR) is 166 cm³/mol. The van der Waals surface area contributed by atoms with Gasteiger partial charge in [-0.05, 0) is 70.4 Å². The lowest BCUT2D eigenvalue weighted by atomic mass is 10.0. The van der Waals surface area contributed by atoms with Gasteiger partial charge in [-0.1, -0.05) is 24.6 Å². The highest BCUT2D eigenvalue weighted by Crippen LogP contribution is 2.29. The van der Waals surface area contributed by atoms with Crippen LogP contribution in [-0.4, -0.2) is 94.9 Å². The zero-order valence-corrected chi connectivity index (χ0v) is 27.4. The van der Waals surface area contributed by atoms with Crippen LogP contribution in [0.25, 0.3) is 0 Å². The second-order valence-electron chi connectivity index (χ2n) is 11.5. The van der Waals surface area contributed by atoms with E-state index in [2.05, 4.69) is 4.72 Å². The summed E-state index contributed by atoms with van der Waals surface area (Å²) in [7, 11) is -5.90. The molecular weight excluding hydrogens is 594 g/mol. The van der Waals surface area contributed by atoms with E-state index in [1.54, 1.807) is 31.2 Å². The van der Waals surface area contributed by atoms with E-state index in [4.69, 9.17) is 9.47 Å². The van der Waals surface area contributed by atoms with Gasteiger partial charge in [-0.3, -0.25) is 9.52 Å². The van der Waals surface area contributed by atoms with Gasteiger partial charge >= 0.3 is 0 Å². The molecule has 11 nitrogen and oxygen atoms in total. The number of amides is 1. The van der Waals surface area contributed by atoms with E-state index < -0.39 is 38.1 Å². The van der Waals surface area contributed by atoms with Crippen LogP contribution in [0, 0.1) is 12.8 Å². The van der Waals surface area contributed by atoms with Crippen LogP contribution in [0.5, 0.6) is 5.75 Å². The minimum Gasteiger partial charge on any atom is -0.490 e. The molecule has 0 saturated heterocycles. The van der Waals surface area contributed by atoms with Crippen molar-refractivity contribution in [1.29, 1.82) is 0 Å². The lowest BCUT2D eigenvalue weighted by Crippen LogP contribution is -2.47. The summed E-state index contributed by atoms with van der Waals surface area (Å²) < 4.78 is 66.7. The van der Waals surface area contributed by atoms with Crippen LogP contribution in [0.4, 0.5) is 5.69 Å². The number of aryl methyl sites for hydroxylation is 1. The highest BCUT2D eigenvalue weighted by atomic mass is 32.2. The van der Waals surface area contributed by atoms with Crippen LogP contribution in [0.3, 0.4) is 0 Å². The molecular formula is C30H45N3O8S2. The van der Waals surface area contributed by atoms with E-state index in [-0.39, 0.29) is 47.9 Å². The number of nitrogens with one attached hydrogen (secondary N) is 1. The molecule has 2 aromatic rings. The normalized spacial score (nSPS) is 21.9. The monoisotopic (exact) mass is 639 g/mol.